The van der Waals surface area contributed by atoms with Crippen LogP contribution in [-0.4, -0.2) is 42.4 Å². The zero-order valence-corrected chi connectivity index (χ0v) is 10.7. The van der Waals surface area contributed by atoms with Crippen LogP contribution in [-0.2, 0) is 11.3 Å². The van der Waals surface area contributed by atoms with Crippen molar-refractivity contribution in [3.63, 3.8) is 0 Å². The van der Waals surface area contributed by atoms with Gasteiger partial charge in [-0.2, -0.15) is 0 Å². The number of aliphatic hydroxyl groups excluding tert-OH is 1. The zero-order valence-electron chi connectivity index (χ0n) is 10.7. The van der Waals surface area contributed by atoms with Crippen molar-refractivity contribution in [1.29, 1.82) is 0 Å². The molecule has 0 saturated carbocycles. The molecule has 1 heterocycles. The summed E-state index contributed by atoms with van der Waals surface area (Å²) in [5, 5.41) is 9.54. The maximum Gasteiger partial charge on any atom is 0.128 e. The molecule has 0 aliphatic carbocycles. The summed E-state index contributed by atoms with van der Waals surface area (Å²) in [4.78, 5) is 2.21. The molecule has 1 aromatic carbocycles. The summed E-state index contributed by atoms with van der Waals surface area (Å²) in [5.41, 5.74) is 0.0404. The van der Waals surface area contributed by atoms with Gasteiger partial charge in [-0.3, -0.25) is 0 Å². The van der Waals surface area contributed by atoms with Crippen molar-refractivity contribution < 1.29 is 14.2 Å². The number of likely N-dealkylation sites (tertiary alicyclic amines) is 1. The number of hydrogen-bond donors (Lipinski definition) is 1. The van der Waals surface area contributed by atoms with Crippen molar-refractivity contribution in [1.82, 2.24) is 4.90 Å². The van der Waals surface area contributed by atoms with Crippen LogP contribution >= 0.6 is 0 Å². The van der Waals surface area contributed by atoms with Gasteiger partial charge in [-0.15, -0.1) is 0 Å². The highest BCUT2D eigenvalue weighted by atomic mass is 19.1. The number of benzene rings is 1. The lowest BCUT2D eigenvalue weighted by molar-refractivity contribution is -0.118. The fraction of sp³-hybridized carbons (Fsp3) is 0.571. The predicted molar refractivity (Wildman–Crippen MR) is 67.7 cm³/mol. The molecule has 0 amide bonds. The molecule has 1 aromatic rings. The number of halogens is 1. The lowest BCUT2D eigenvalue weighted by atomic mass is 9.92. The van der Waals surface area contributed by atoms with Gasteiger partial charge in [0.25, 0.3) is 0 Å². The maximum atomic E-state index is 13.5. The van der Waals surface area contributed by atoms with E-state index in [4.69, 9.17) is 4.74 Å². The van der Waals surface area contributed by atoms with Crippen LogP contribution in [0.25, 0.3) is 0 Å². The van der Waals surface area contributed by atoms with E-state index in [1.807, 2.05) is 0 Å². The first kappa shape index (κ1) is 13.5. The Bertz CT molecular complexity index is 389. The van der Waals surface area contributed by atoms with Crippen molar-refractivity contribution in [3.05, 3.63) is 35.6 Å². The van der Waals surface area contributed by atoms with Crippen LogP contribution in [0.2, 0.25) is 0 Å². The Labute approximate surface area is 107 Å². The first-order valence-electron chi connectivity index (χ1n) is 6.32. The Hall–Kier alpha value is -0.970. The molecular formula is C14H20FNO2. The summed E-state index contributed by atoms with van der Waals surface area (Å²) in [6.07, 6.45) is 1.57. The number of nitrogens with zero attached hydrogens (tertiary/aromatic N) is 1. The third-order valence-corrected chi connectivity index (χ3v) is 3.68. The van der Waals surface area contributed by atoms with Gasteiger partial charge in [-0.25, -0.2) is 4.39 Å². The van der Waals surface area contributed by atoms with Gasteiger partial charge < -0.3 is 14.7 Å². The molecule has 0 radical (unpaired) electrons. The van der Waals surface area contributed by atoms with E-state index in [0.29, 0.717) is 5.56 Å². The van der Waals surface area contributed by atoms with Crippen LogP contribution < -0.4 is 0 Å². The SMILES string of the molecule is CN1CCC(CO)(OCc2ccccc2F)CC1. The molecule has 0 spiro atoms. The van der Waals surface area contributed by atoms with E-state index in [1.165, 1.54) is 6.07 Å². The fourth-order valence-corrected chi connectivity index (χ4v) is 2.22. The zero-order chi connectivity index (χ0) is 13.0. The minimum absolute atomic E-state index is 0.00467. The molecule has 1 aliphatic heterocycles. The number of piperidine rings is 1. The van der Waals surface area contributed by atoms with Gasteiger partial charge in [0.15, 0.2) is 0 Å². The number of aliphatic hydroxyl groups is 1. The molecule has 1 N–H and O–H groups in total. The third kappa shape index (κ3) is 3.07. The fourth-order valence-electron chi connectivity index (χ4n) is 2.22. The van der Waals surface area contributed by atoms with Crippen LogP contribution in [0.5, 0.6) is 0 Å². The molecule has 2 rings (SSSR count). The second-order valence-electron chi connectivity index (χ2n) is 5.02. The van der Waals surface area contributed by atoms with Gasteiger partial charge in [0.1, 0.15) is 5.82 Å². The Morgan fingerprint density at radius 1 is 1.33 bits per heavy atom. The lowest BCUT2D eigenvalue weighted by Gasteiger charge is -2.39. The van der Waals surface area contributed by atoms with E-state index < -0.39 is 5.60 Å². The van der Waals surface area contributed by atoms with Gasteiger partial charge in [0.2, 0.25) is 0 Å². The van der Waals surface area contributed by atoms with E-state index in [2.05, 4.69) is 11.9 Å². The Morgan fingerprint density at radius 2 is 2.00 bits per heavy atom. The van der Waals surface area contributed by atoms with Crippen LogP contribution in [0, 0.1) is 5.82 Å². The summed E-state index contributed by atoms with van der Waals surface area (Å²) in [6.45, 7) is 2.02. The summed E-state index contributed by atoms with van der Waals surface area (Å²) >= 11 is 0. The third-order valence-electron chi connectivity index (χ3n) is 3.68. The first-order valence-corrected chi connectivity index (χ1v) is 6.32. The highest BCUT2D eigenvalue weighted by Gasteiger charge is 2.34. The Balaban J connectivity index is 1.97. The summed E-state index contributed by atoms with van der Waals surface area (Å²) in [7, 11) is 2.05. The molecule has 0 aromatic heterocycles. The van der Waals surface area contributed by atoms with Gasteiger partial charge in [0.05, 0.1) is 18.8 Å². The average molecular weight is 253 g/mol. The normalized spacial score (nSPS) is 19.9. The van der Waals surface area contributed by atoms with Gasteiger partial charge in [-0.05, 0) is 26.0 Å². The van der Waals surface area contributed by atoms with Crippen LogP contribution in [0.1, 0.15) is 18.4 Å². The van der Waals surface area contributed by atoms with E-state index in [1.54, 1.807) is 18.2 Å². The number of ether oxygens (including phenoxy) is 1. The average Bonchev–Trinajstić information content (AvgIpc) is 2.40. The monoisotopic (exact) mass is 253 g/mol. The molecule has 1 fully saturated rings. The molecule has 3 nitrogen and oxygen atoms in total. The lowest BCUT2D eigenvalue weighted by Crippen LogP contribution is -2.47. The molecule has 0 bridgehead atoms. The highest BCUT2D eigenvalue weighted by molar-refractivity contribution is 5.16. The molecule has 1 aliphatic rings. The van der Waals surface area contributed by atoms with Crippen molar-refractivity contribution in [3.8, 4) is 0 Å². The van der Waals surface area contributed by atoms with Gasteiger partial charge >= 0.3 is 0 Å². The second-order valence-corrected chi connectivity index (χ2v) is 5.02. The van der Waals surface area contributed by atoms with Crippen molar-refractivity contribution >= 4 is 0 Å². The van der Waals surface area contributed by atoms with Gasteiger partial charge in [-0.1, -0.05) is 18.2 Å². The molecule has 100 valence electrons. The van der Waals surface area contributed by atoms with E-state index >= 15 is 0 Å². The molecule has 0 atom stereocenters. The van der Waals surface area contributed by atoms with Crippen molar-refractivity contribution in [2.75, 3.05) is 26.7 Å². The summed E-state index contributed by atoms with van der Waals surface area (Å²) in [5.74, 6) is -0.251. The Kier molecular flexibility index (Phi) is 4.32. The number of hydrogen-bond acceptors (Lipinski definition) is 3. The first-order chi connectivity index (χ1) is 8.65. The molecule has 0 unspecified atom stereocenters. The molecule has 4 heteroatoms. The van der Waals surface area contributed by atoms with Crippen LogP contribution in [0.15, 0.2) is 24.3 Å². The largest absolute Gasteiger partial charge is 0.393 e. The van der Waals surface area contributed by atoms with Crippen molar-refractivity contribution in [2.24, 2.45) is 0 Å². The predicted octanol–water partition coefficient (Wildman–Crippen LogP) is 1.80. The van der Waals surface area contributed by atoms with Crippen LogP contribution in [0.4, 0.5) is 4.39 Å². The van der Waals surface area contributed by atoms with Crippen molar-refractivity contribution in [2.45, 2.75) is 25.0 Å². The maximum absolute atomic E-state index is 13.5. The van der Waals surface area contributed by atoms with E-state index in [9.17, 15) is 9.50 Å². The van der Waals surface area contributed by atoms with Gasteiger partial charge in [0, 0.05) is 18.7 Å². The molecule has 1 saturated heterocycles. The Morgan fingerprint density at radius 3 is 2.61 bits per heavy atom. The highest BCUT2D eigenvalue weighted by Crippen LogP contribution is 2.27. The quantitative estimate of drug-likeness (QED) is 0.888. The smallest absolute Gasteiger partial charge is 0.128 e. The standard InChI is InChI=1S/C14H20FNO2/c1-16-8-6-14(11-17,7-9-16)18-10-12-4-2-3-5-13(12)15/h2-5,17H,6-11H2,1H3. The molecular weight excluding hydrogens is 233 g/mol. The minimum atomic E-state index is -0.505. The van der Waals surface area contributed by atoms with E-state index in [-0.39, 0.29) is 19.0 Å². The van der Waals surface area contributed by atoms with Crippen LogP contribution in [0.3, 0.4) is 0 Å². The summed E-state index contributed by atoms with van der Waals surface area (Å²) in [6, 6.07) is 6.60. The molecule has 18 heavy (non-hydrogen) atoms. The minimum Gasteiger partial charge on any atom is -0.393 e. The second kappa shape index (κ2) is 5.78. The number of rotatable bonds is 4. The van der Waals surface area contributed by atoms with E-state index in [0.717, 1.165) is 25.9 Å². The topological polar surface area (TPSA) is 32.7 Å². The summed E-state index contributed by atoms with van der Waals surface area (Å²) < 4.78 is 19.3.